The van der Waals surface area contributed by atoms with Gasteiger partial charge in [0, 0.05) is 25.0 Å². The summed E-state index contributed by atoms with van der Waals surface area (Å²) in [4.78, 5) is 31.7. The quantitative estimate of drug-likeness (QED) is 0.0771. The highest BCUT2D eigenvalue weighted by molar-refractivity contribution is 5.88. The van der Waals surface area contributed by atoms with Crippen molar-refractivity contribution in [1.82, 2.24) is 15.1 Å². The van der Waals surface area contributed by atoms with Crippen molar-refractivity contribution in [2.24, 2.45) is 5.92 Å². The van der Waals surface area contributed by atoms with E-state index in [9.17, 15) is 9.59 Å². The molecule has 0 spiro atoms. The summed E-state index contributed by atoms with van der Waals surface area (Å²) in [6.07, 6.45) is 31.3. The Kier molecular flexibility index (Phi) is 28.4. The van der Waals surface area contributed by atoms with Gasteiger partial charge in [-0.3, -0.25) is 9.59 Å². The number of hydrogen-bond donors (Lipinski definition) is 1. The first-order valence-electron chi connectivity index (χ1n) is 19.8. The molecular weight excluding hydrogens is 554 g/mol. The lowest BCUT2D eigenvalue weighted by Crippen LogP contribution is -2.58. The van der Waals surface area contributed by atoms with Crippen LogP contribution in [0.15, 0.2) is 0 Å². The molecule has 0 fully saturated rings. The Morgan fingerprint density at radius 2 is 0.933 bits per heavy atom. The van der Waals surface area contributed by atoms with Crippen molar-refractivity contribution in [1.29, 1.82) is 0 Å². The fourth-order valence-corrected chi connectivity index (χ4v) is 6.46. The lowest BCUT2D eigenvalue weighted by atomic mass is 9.92. The third-order valence-electron chi connectivity index (χ3n) is 9.17. The molecular formula is C40H81N3O2. The fourth-order valence-electron chi connectivity index (χ4n) is 6.46. The normalized spacial score (nSPS) is 13.3. The second-order valence-corrected chi connectivity index (χ2v) is 15.5. The fraction of sp³-hybridized carbons (Fsp3) is 0.950. The number of rotatable bonds is 31. The molecule has 0 heterocycles. The molecule has 0 saturated carbocycles. The molecule has 0 radical (unpaired) electrons. The Balaban J connectivity index is 5.51. The summed E-state index contributed by atoms with van der Waals surface area (Å²) < 4.78 is 0. The monoisotopic (exact) mass is 636 g/mol. The summed E-state index contributed by atoms with van der Waals surface area (Å²) in [5, 5.41) is 3.22. The SMILES string of the molecule is CCCCCCCCCCCCC(CCCCCCCCCC)CN(C(=O)CCCCCC)C(CN(C)C)C(=O)NC(C)(C)C. The van der Waals surface area contributed by atoms with Gasteiger partial charge in [0.1, 0.15) is 6.04 Å². The summed E-state index contributed by atoms with van der Waals surface area (Å²) in [5.41, 5.74) is -0.329. The van der Waals surface area contributed by atoms with Gasteiger partial charge in [0.2, 0.25) is 11.8 Å². The highest BCUT2D eigenvalue weighted by atomic mass is 16.2. The summed E-state index contributed by atoms with van der Waals surface area (Å²) in [5.74, 6) is 0.625. The van der Waals surface area contributed by atoms with Crippen LogP contribution in [0.25, 0.3) is 0 Å². The maximum atomic E-state index is 13.9. The molecule has 0 aromatic heterocycles. The summed E-state index contributed by atoms with van der Waals surface area (Å²) in [6, 6.07) is -0.452. The molecule has 2 amide bonds. The molecule has 0 aliphatic heterocycles. The van der Waals surface area contributed by atoms with E-state index >= 15 is 0 Å². The van der Waals surface area contributed by atoms with Crippen LogP contribution in [0.3, 0.4) is 0 Å². The number of carbonyl (C=O) groups is 2. The molecule has 1 N–H and O–H groups in total. The van der Waals surface area contributed by atoms with Gasteiger partial charge in [0.25, 0.3) is 0 Å². The van der Waals surface area contributed by atoms with Crippen molar-refractivity contribution in [3.8, 4) is 0 Å². The predicted molar refractivity (Wildman–Crippen MR) is 198 cm³/mol. The van der Waals surface area contributed by atoms with E-state index in [1.54, 1.807) is 0 Å². The van der Waals surface area contributed by atoms with Gasteiger partial charge in [-0.25, -0.2) is 0 Å². The molecule has 0 aromatic rings. The van der Waals surface area contributed by atoms with Gasteiger partial charge in [0.05, 0.1) is 0 Å². The zero-order valence-electron chi connectivity index (χ0n) is 32.0. The minimum atomic E-state index is -0.452. The van der Waals surface area contributed by atoms with Gasteiger partial charge < -0.3 is 15.1 Å². The van der Waals surface area contributed by atoms with Crippen LogP contribution in [0.4, 0.5) is 0 Å². The van der Waals surface area contributed by atoms with E-state index < -0.39 is 6.04 Å². The molecule has 2 atom stereocenters. The van der Waals surface area contributed by atoms with Crippen LogP contribution in [0.5, 0.6) is 0 Å². The van der Waals surface area contributed by atoms with Crippen molar-refractivity contribution in [3.05, 3.63) is 0 Å². The highest BCUT2D eigenvalue weighted by Gasteiger charge is 2.33. The molecule has 0 bridgehead atoms. The first-order chi connectivity index (χ1) is 21.6. The van der Waals surface area contributed by atoms with Crippen molar-refractivity contribution in [2.45, 2.75) is 214 Å². The molecule has 5 heteroatoms. The van der Waals surface area contributed by atoms with Crippen molar-refractivity contribution < 1.29 is 9.59 Å². The van der Waals surface area contributed by atoms with E-state index in [1.807, 2.05) is 39.8 Å². The summed E-state index contributed by atoms with van der Waals surface area (Å²) >= 11 is 0. The topological polar surface area (TPSA) is 52.7 Å². The number of likely N-dealkylation sites (N-methyl/N-ethyl adjacent to an activating group) is 1. The average Bonchev–Trinajstić information content (AvgIpc) is 2.97. The van der Waals surface area contributed by atoms with Gasteiger partial charge in [0.15, 0.2) is 0 Å². The second kappa shape index (κ2) is 29.1. The van der Waals surface area contributed by atoms with Gasteiger partial charge in [-0.2, -0.15) is 0 Å². The first-order valence-corrected chi connectivity index (χ1v) is 19.8. The second-order valence-electron chi connectivity index (χ2n) is 15.5. The zero-order chi connectivity index (χ0) is 33.8. The largest absolute Gasteiger partial charge is 0.350 e. The van der Waals surface area contributed by atoms with Crippen molar-refractivity contribution >= 4 is 11.8 Å². The molecule has 2 unspecified atom stereocenters. The molecule has 0 saturated heterocycles. The number of hydrogen-bond acceptors (Lipinski definition) is 3. The van der Waals surface area contributed by atoms with E-state index in [0.717, 1.165) is 25.8 Å². The lowest BCUT2D eigenvalue weighted by molar-refractivity contribution is -0.142. The predicted octanol–water partition coefficient (Wildman–Crippen LogP) is 11.1. The van der Waals surface area contributed by atoms with Crippen molar-refractivity contribution in [3.63, 3.8) is 0 Å². The summed E-state index contributed by atoms with van der Waals surface area (Å²) in [7, 11) is 4.03. The molecule has 0 aliphatic carbocycles. The maximum Gasteiger partial charge on any atom is 0.244 e. The molecule has 45 heavy (non-hydrogen) atoms. The molecule has 0 rings (SSSR count). The molecule has 0 aliphatic rings. The lowest BCUT2D eigenvalue weighted by Gasteiger charge is -2.37. The number of nitrogens with zero attached hydrogens (tertiary/aromatic N) is 2. The van der Waals surface area contributed by atoms with Gasteiger partial charge in [-0.15, -0.1) is 0 Å². The number of carbonyl (C=O) groups excluding carboxylic acids is 2. The summed E-state index contributed by atoms with van der Waals surface area (Å²) in [6.45, 7) is 14.2. The van der Waals surface area contributed by atoms with Crippen LogP contribution < -0.4 is 5.32 Å². The van der Waals surface area contributed by atoms with Gasteiger partial charge >= 0.3 is 0 Å². The standard InChI is InChI=1S/C40H81N3O2/c1-9-12-15-18-20-22-23-25-27-29-32-36(31-28-26-24-21-19-16-13-10-2)34-43(38(44)33-30-17-14-11-3)37(35-42(7)8)39(45)41-40(4,5)6/h36-37H,9-35H2,1-8H3,(H,41,45). The van der Waals surface area contributed by atoms with E-state index in [2.05, 4.69) is 31.0 Å². The smallest absolute Gasteiger partial charge is 0.244 e. The Hall–Kier alpha value is -1.10. The zero-order valence-corrected chi connectivity index (χ0v) is 32.0. The molecule has 5 nitrogen and oxygen atoms in total. The number of unbranched alkanes of at least 4 members (excludes halogenated alkanes) is 19. The van der Waals surface area contributed by atoms with Gasteiger partial charge in [-0.1, -0.05) is 156 Å². The Morgan fingerprint density at radius 1 is 0.556 bits per heavy atom. The number of amides is 2. The molecule has 0 aromatic carbocycles. The van der Waals surface area contributed by atoms with Crippen LogP contribution in [-0.2, 0) is 9.59 Å². The van der Waals surface area contributed by atoms with E-state index in [1.165, 1.54) is 135 Å². The van der Waals surface area contributed by atoms with Crippen LogP contribution in [0, 0.1) is 5.92 Å². The van der Waals surface area contributed by atoms with E-state index in [4.69, 9.17) is 0 Å². The third kappa shape index (κ3) is 26.6. The van der Waals surface area contributed by atoms with Crippen molar-refractivity contribution in [2.75, 3.05) is 27.2 Å². The maximum absolute atomic E-state index is 13.9. The minimum Gasteiger partial charge on any atom is -0.350 e. The van der Waals surface area contributed by atoms with E-state index in [0.29, 0.717) is 18.9 Å². The first kappa shape index (κ1) is 43.9. The van der Waals surface area contributed by atoms with Crippen LogP contribution in [0.1, 0.15) is 202 Å². The molecule has 268 valence electrons. The van der Waals surface area contributed by atoms with E-state index in [-0.39, 0.29) is 17.4 Å². The third-order valence-corrected chi connectivity index (χ3v) is 9.17. The Labute approximate surface area is 282 Å². The Morgan fingerprint density at radius 3 is 1.31 bits per heavy atom. The van der Waals surface area contributed by atoms with Gasteiger partial charge in [-0.05, 0) is 60.0 Å². The Bertz CT molecular complexity index is 688. The highest BCUT2D eigenvalue weighted by Crippen LogP contribution is 2.23. The van der Waals surface area contributed by atoms with Crippen LogP contribution >= 0.6 is 0 Å². The average molecular weight is 636 g/mol. The van der Waals surface area contributed by atoms with Crippen LogP contribution in [-0.4, -0.2) is 60.4 Å². The van der Waals surface area contributed by atoms with Crippen LogP contribution in [0.2, 0.25) is 0 Å². The minimum absolute atomic E-state index is 0.0112. The number of nitrogens with one attached hydrogen (secondary N) is 1.